The van der Waals surface area contributed by atoms with Gasteiger partial charge in [-0.2, -0.15) is 16.9 Å². The van der Waals surface area contributed by atoms with E-state index in [1.807, 2.05) is 55.5 Å². The Kier molecular flexibility index (Phi) is 13.1. The summed E-state index contributed by atoms with van der Waals surface area (Å²) >= 11 is 7.97. The Morgan fingerprint density at radius 3 is 2.51 bits per heavy atom. The SMILES string of the molecule is CCNC(=O)COc1ccc(CCNC(=O)N/N=C(\CSCc2ccccc2Cl)[C@@H](C)CC)cc1. The molecule has 7 nitrogen and oxygen atoms in total. The molecule has 0 aliphatic heterocycles. The first-order valence-electron chi connectivity index (χ1n) is 11.8. The Hall–Kier alpha value is -2.71. The van der Waals surface area contributed by atoms with Gasteiger partial charge in [0, 0.05) is 29.6 Å². The third kappa shape index (κ3) is 11.0. The summed E-state index contributed by atoms with van der Waals surface area (Å²) in [5, 5.41) is 10.7. The lowest BCUT2D eigenvalue weighted by Crippen LogP contribution is -2.35. The Balaban J connectivity index is 1.74. The van der Waals surface area contributed by atoms with E-state index in [1.54, 1.807) is 11.8 Å². The summed E-state index contributed by atoms with van der Waals surface area (Å²) in [6.07, 6.45) is 1.61. The van der Waals surface area contributed by atoms with Crippen LogP contribution in [0.3, 0.4) is 0 Å². The van der Waals surface area contributed by atoms with Crippen LogP contribution >= 0.6 is 23.4 Å². The number of nitrogens with zero attached hydrogens (tertiary/aromatic N) is 1. The molecule has 2 rings (SSSR count). The van der Waals surface area contributed by atoms with Crippen molar-refractivity contribution in [3.63, 3.8) is 0 Å². The minimum atomic E-state index is -0.330. The van der Waals surface area contributed by atoms with Gasteiger partial charge in [0.1, 0.15) is 5.75 Å². The summed E-state index contributed by atoms with van der Waals surface area (Å²) in [6, 6.07) is 15.0. The molecule has 0 aliphatic rings. The van der Waals surface area contributed by atoms with Gasteiger partial charge in [0.25, 0.3) is 5.91 Å². The van der Waals surface area contributed by atoms with Crippen molar-refractivity contribution < 1.29 is 14.3 Å². The molecule has 0 bridgehead atoms. The number of hydrazone groups is 1. The molecule has 3 N–H and O–H groups in total. The lowest BCUT2D eigenvalue weighted by atomic mass is 10.0. The molecule has 35 heavy (non-hydrogen) atoms. The first kappa shape index (κ1) is 28.5. The molecular formula is C26H35ClN4O3S. The number of amides is 3. The third-order valence-corrected chi connectivity index (χ3v) is 6.70. The molecule has 0 fully saturated rings. The van der Waals surface area contributed by atoms with Gasteiger partial charge < -0.3 is 15.4 Å². The van der Waals surface area contributed by atoms with Gasteiger partial charge in [0.05, 0.1) is 5.71 Å². The molecule has 9 heteroatoms. The number of ether oxygens (including phenoxy) is 1. The summed E-state index contributed by atoms with van der Waals surface area (Å²) in [4.78, 5) is 23.7. The number of rotatable bonds is 14. The molecule has 0 unspecified atom stereocenters. The van der Waals surface area contributed by atoms with Crippen molar-refractivity contribution >= 4 is 41.0 Å². The maximum absolute atomic E-state index is 12.2. The van der Waals surface area contributed by atoms with Crippen LogP contribution in [0.1, 0.15) is 38.3 Å². The van der Waals surface area contributed by atoms with Gasteiger partial charge in [-0.25, -0.2) is 10.2 Å². The predicted molar refractivity (Wildman–Crippen MR) is 145 cm³/mol. The van der Waals surface area contributed by atoms with Crippen LogP contribution in [0.25, 0.3) is 0 Å². The lowest BCUT2D eigenvalue weighted by Gasteiger charge is -2.13. The summed E-state index contributed by atoms with van der Waals surface area (Å²) in [6.45, 7) is 7.12. The van der Waals surface area contributed by atoms with E-state index < -0.39 is 0 Å². The lowest BCUT2D eigenvalue weighted by molar-refractivity contribution is -0.122. The van der Waals surface area contributed by atoms with Crippen molar-refractivity contribution in [3.05, 3.63) is 64.7 Å². The summed E-state index contributed by atoms with van der Waals surface area (Å²) < 4.78 is 5.44. The number of urea groups is 1. The second-order valence-corrected chi connectivity index (χ2v) is 9.39. The maximum Gasteiger partial charge on any atom is 0.335 e. The zero-order valence-electron chi connectivity index (χ0n) is 20.6. The quantitative estimate of drug-likeness (QED) is 0.241. The van der Waals surface area contributed by atoms with Gasteiger partial charge in [-0.1, -0.05) is 55.8 Å². The zero-order valence-corrected chi connectivity index (χ0v) is 22.2. The van der Waals surface area contributed by atoms with Gasteiger partial charge in [-0.15, -0.1) is 0 Å². The van der Waals surface area contributed by atoms with Gasteiger partial charge in [0.15, 0.2) is 6.61 Å². The van der Waals surface area contributed by atoms with Crippen molar-refractivity contribution in [2.24, 2.45) is 11.0 Å². The fraction of sp³-hybridized carbons (Fsp3) is 0.423. The number of likely N-dealkylation sites (N-methyl/N-ethyl adjacent to an activating group) is 1. The second-order valence-electron chi connectivity index (χ2n) is 8.00. The zero-order chi connectivity index (χ0) is 25.5. The van der Waals surface area contributed by atoms with Crippen LogP contribution < -0.4 is 20.8 Å². The fourth-order valence-corrected chi connectivity index (χ4v) is 4.45. The number of hydrogen-bond acceptors (Lipinski definition) is 5. The summed E-state index contributed by atoms with van der Waals surface area (Å²) in [5.74, 6) is 2.25. The number of benzene rings is 2. The number of thioether (sulfide) groups is 1. The average Bonchev–Trinajstić information content (AvgIpc) is 2.86. The molecule has 0 aromatic heterocycles. The fourth-order valence-electron chi connectivity index (χ4n) is 3.03. The monoisotopic (exact) mass is 518 g/mol. The molecule has 0 spiro atoms. The van der Waals surface area contributed by atoms with Crippen molar-refractivity contribution in [1.29, 1.82) is 0 Å². The first-order valence-corrected chi connectivity index (χ1v) is 13.4. The molecule has 1 atom stereocenters. The number of carbonyl (C=O) groups excluding carboxylic acids is 2. The van der Waals surface area contributed by atoms with E-state index in [-0.39, 0.29) is 24.5 Å². The summed E-state index contributed by atoms with van der Waals surface area (Å²) in [7, 11) is 0. The Labute approximate surface area is 217 Å². The number of nitrogens with one attached hydrogen (secondary N) is 3. The van der Waals surface area contributed by atoms with Crippen molar-refractivity contribution in [2.45, 2.75) is 39.4 Å². The molecule has 3 amide bonds. The van der Waals surface area contributed by atoms with Crippen molar-refractivity contribution in [2.75, 3.05) is 25.4 Å². The predicted octanol–water partition coefficient (Wildman–Crippen LogP) is 5.03. The highest BCUT2D eigenvalue weighted by Gasteiger charge is 2.11. The molecule has 0 radical (unpaired) electrons. The minimum absolute atomic E-state index is 0.00737. The van der Waals surface area contributed by atoms with Crippen LogP contribution in [0.2, 0.25) is 5.02 Å². The van der Waals surface area contributed by atoms with E-state index in [0.717, 1.165) is 39.8 Å². The molecule has 0 saturated heterocycles. The molecule has 2 aromatic rings. The first-order chi connectivity index (χ1) is 16.9. The van der Waals surface area contributed by atoms with Gasteiger partial charge in [-0.05, 0) is 55.0 Å². The Bertz CT molecular complexity index is 969. The van der Waals surface area contributed by atoms with Crippen LogP contribution in [-0.2, 0) is 17.0 Å². The topological polar surface area (TPSA) is 91.8 Å². The molecule has 0 aliphatic carbocycles. The second kappa shape index (κ2) is 16.1. The highest BCUT2D eigenvalue weighted by Crippen LogP contribution is 2.22. The highest BCUT2D eigenvalue weighted by atomic mass is 35.5. The Morgan fingerprint density at radius 1 is 1.09 bits per heavy atom. The van der Waals surface area contributed by atoms with Crippen LogP contribution in [0, 0.1) is 5.92 Å². The van der Waals surface area contributed by atoms with Crippen LogP contribution in [-0.4, -0.2) is 43.1 Å². The van der Waals surface area contributed by atoms with Gasteiger partial charge in [-0.3, -0.25) is 4.79 Å². The molecular weight excluding hydrogens is 484 g/mol. The largest absolute Gasteiger partial charge is 0.484 e. The van der Waals surface area contributed by atoms with Crippen LogP contribution in [0.4, 0.5) is 4.79 Å². The Morgan fingerprint density at radius 2 is 1.83 bits per heavy atom. The van der Waals surface area contributed by atoms with Crippen molar-refractivity contribution in [1.82, 2.24) is 16.1 Å². The van der Waals surface area contributed by atoms with E-state index >= 15 is 0 Å². The molecule has 0 saturated carbocycles. The third-order valence-electron chi connectivity index (χ3n) is 5.31. The van der Waals surface area contributed by atoms with E-state index in [1.165, 1.54) is 0 Å². The highest BCUT2D eigenvalue weighted by molar-refractivity contribution is 7.99. The van der Waals surface area contributed by atoms with E-state index in [0.29, 0.717) is 25.3 Å². The molecule has 0 heterocycles. The van der Waals surface area contributed by atoms with Gasteiger partial charge >= 0.3 is 6.03 Å². The van der Waals surface area contributed by atoms with Crippen LogP contribution in [0.5, 0.6) is 5.75 Å². The number of carbonyl (C=O) groups is 2. The smallest absolute Gasteiger partial charge is 0.335 e. The normalized spacial score (nSPS) is 12.1. The van der Waals surface area contributed by atoms with E-state index in [9.17, 15) is 9.59 Å². The molecule has 2 aromatic carbocycles. The van der Waals surface area contributed by atoms with Gasteiger partial charge in [0.2, 0.25) is 0 Å². The minimum Gasteiger partial charge on any atom is -0.484 e. The van der Waals surface area contributed by atoms with E-state index in [2.05, 4.69) is 35.0 Å². The van der Waals surface area contributed by atoms with Crippen LogP contribution in [0.15, 0.2) is 53.6 Å². The molecule has 190 valence electrons. The van der Waals surface area contributed by atoms with Crippen molar-refractivity contribution in [3.8, 4) is 5.75 Å². The summed E-state index contributed by atoms with van der Waals surface area (Å²) in [5.41, 5.74) is 5.72. The standard InChI is InChI=1S/C26H35ClN4O3S/c1-4-19(3)24(18-35-17-21-8-6-7-9-23(21)27)30-31-26(33)29-15-14-20-10-12-22(13-11-20)34-16-25(32)28-5-2/h6-13,19H,4-5,14-18H2,1-3H3,(H,28,32)(H2,29,31,33)/b30-24+/t19-/m0/s1. The maximum atomic E-state index is 12.2. The number of hydrogen-bond donors (Lipinski definition) is 3. The average molecular weight is 519 g/mol. The number of halogens is 1. The van der Waals surface area contributed by atoms with E-state index in [4.69, 9.17) is 16.3 Å².